The Morgan fingerprint density at radius 3 is 1.29 bits per heavy atom. The molecule has 8 heteroatoms. The first-order valence-corrected chi connectivity index (χ1v) is 15.3. The minimum atomic E-state index is -0.189. The molecule has 1 saturated heterocycles. The summed E-state index contributed by atoms with van der Waals surface area (Å²) in [7, 11) is 0. The van der Waals surface area contributed by atoms with Crippen molar-refractivity contribution < 1.29 is 38.3 Å². The van der Waals surface area contributed by atoms with Crippen LogP contribution in [0.2, 0.25) is 0 Å². The van der Waals surface area contributed by atoms with Gasteiger partial charge in [0.15, 0.2) is 0 Å². The maximum Gasteiger partial charge on any atom is 0.305 e. The van der Waals surface area contributed by atoms with Gasteiger partial charge in [0.25, 0.3) is 0 Å². The summed E-state index contributed by atoms with van der Waals surface area (Å²) in [5, 5.41) is 0. The lowest BCUT2D eigenvalue weighted by atomic mass is 9.36. The van der Waals surface area contributed by atoms with E-state index in [0.717, 1.165) is 38.5 Å². The zero-order chi connectivity index (χ0) is 26.2. The van der Waals surface area contributed by atoms with Crippen LogP contribution in [0, 0.1) is 35.5 Å². The normalized spacial score (nSPS) is 49.0. The predicted molar refractivity (Wildman–Crippen MR) is 135 cm³/mol. The molecule has 4 unspecified atom stereocenters. The molecular formula is C30H44O8. The van der Waals surface area contributed by atoms with Gasteiger partial charge < -0.3 is 18.9 Å². The van der Waals surface area contributed by atoms with Gasteiger partial charge in [-0.3, -0.25) is 9.59 Å². The van der Waals surface area contributed by atoms with Crippen LogP contribution < -0.4 is 0 Å². The molecule has 8 saturated carbocycles. The van der Waals surface area contributed by atoms with E-state index in [1.54, 1.807) is 0 Å². The molecule has 9 fully saturated rings. The van der Waals surface area contributed by atoms with Crippen LogP contribution in [0.1, 0.15) is 90.9 Å². The molecule has 0 aromatic heterocycles. The third-order valence-corrected chi connectivity index (χ3v) is 11.7. The molecule has 212 valence electrons. The topological polar surface area (TPSA) is 89.5 Å². The van der Waals surface area contributed by atoms with E-state index in [4.69, 9.17) is 28.7 Å². The number of carbonyl (C=O) groups is 2. The van der Waals surface area contributed by atoms with Crippen molar-refractivity contribution in [3.05, 3.63) is 0 Å². The standard InChI is InChI=1S/C30H44O8/c1-3-25(31)33-5-7-35-27-13-19-9-21(15-27)29(22(10-19)16-27)30(38-37-29)23-11-20-12-24(30)18-28(14-20,17-23)36-8-6-34-26(32)4-2/h19-24H,3-18H2,1-2H3. The molecule has 1 aliphatic heterocycles. The van der Waals surface area contributed by atoms with Crippen LogP contribution in [0.5, 0.6) is 0 Å². The van der Waals surface area contributed by atoms with Crippen molar-refractivity contribution in [2.45, 2.75) is 113 Å². The molecule has 8 nitrogen and oxygen atoms in total. The van der Waals surface area contributed by atoms with E-state index in [9.17, 15) is 9.59 Å². The molecule has 0 radical (unpaired) electrons. The van der Waals surface area contributed by atoms with Gasteiger partial charge in [0, 0.05) is 12.8 Å². The van der Waals surface area contributed by atoms with Gasteiger partial charge >= 0.3 is 11.9 Å². The molecule has 1 heterocycles. The Hall–Kier alpha value is -1.22. The summed E-state index contributed by atoms with van der Waals surface area (Å²) in [5.41, 5.74) is -0.586. The predicted octanol–water partition coefficient (Wildman–Crippen LogP) is 4.52. The molecule has 4 atom stereocenters. The molecule has 0 amide bonds. The maximum atomic E-state index is 11.6. The fourth-order valence-corrected chi connectivity index (χ4v) is 11.0. The van der Waals surface area contributed by atoms with Gasteiger partial charge in [-0.25, -0.2) is 9.78 Å². The van der Waals surface area contributed by atoms with Crippen LogP contribution in [-0.2, 0) is 38.3 Å². The maximum absolute atomic E-state index is 11.6. The Morgan fingerprint density at radius 2 is 0.974 bits per heavy atom. The Bertz CT molecular complexity index is 854. The average molecular weight is 533 g/mol. The summed E-state index contributed by atoms with van der Waals surface area (Å²) in [6.45, 7) is 5.28. The molecule has 8 bridgehead atoms. The van der Waals surface area contributed by atoms with Crippen LogP contribution in [0.4, 0.5) is 0 Å². The van der Waals surface area contributed by atoms with Crippen molar-refractivity contribution in [2.24, 2.45) is 35.5 Å². The quantitative estimate of drug-likeness (QED) is 0.230. The summed E-state index contributed by atoms with van der Waals surface area (Å²) >= 11 is 0. The zero-order valence-corrected chi connectivity index (χ0v) is 23.0. The van der Waals surface area contributed by atoms with Crippen LogP contribution >= 0.6 is 0 Å². The molecule has 9 aliphatic rings. The largest absolute Gasteiger partial charge is 0.463 e. The van der Waals surface area contributed by atoms with Crippen molar-refractivity contribution in [3.63, 3.8) is 0 Å². The Balaban J connectivity index is 1.06. The lowest BCUT2D eigenvalue weighted by Gasteiger charge is -2.78. The van der Waals surface area contributed by atoms with Crippen LogP contribution in [0.25, 0.3) is 0 Å². The van der Waals surface area contributed by atoms with E-state index < -0.39 is 0 Å². The fourth-order valence-electron chi connectivity index (χ4n) is 11.0. The second-order valence-electron chi connectivity index (χ2n) is 13.7. The summed E-state index contributed by atoms with van der Waals surface area (Å²) in [4.78, 5) is 36.0. The van der Waals surface area contributed by atoms with Gasteiger partial charge in [0.1, 0.15) is 24.4 Å². The Kier molecular flexibility index (Phi) is 6.19. The molecular weight excluding hydrogens is 488 g/mol. The summed E-state index contributed by atoms with van der Waals surface area (Å²) in [5.74, 6) is 2.90. The second kappa shape index (κ2) is 9.15. The Labute approximate surface area is 225 Å². The van der Waals surface area contributed by atoms with Crippen molar-refractivity contribution in [3.8, 4) is 0 Å². The van der Waals surface area contributed by atoms with Gasteiger partial charge in [-0.1, -0.05) is 13.8 Å². The number of rotatable bonds is 10. The van der Waals surface area contributed by atoms with Gasteiger partial charge in [-0.05, 0) is 99.7 Å². The van der Waals surface area contributed by atoms with Crippen LogP contribution in [-0.4, -0.2) is 60.8 Å². The number of ether oxygens (including phenoxy) is 4. The molecule has 0 N–H and O–H groups in total. The van der Waals surface area contributed by atoms with Crippen molar-refractivity contribution in [1.82, 2.24) is 0 Å². The first kappa shape index (κ1) is 25.7. The smallest absolute Gasteiger partial charge is 0.305 e. The van der Waals surface area contributed by atoms with E-state index in [1.165, 1.54) is 25.7 Å². The SMILES string of the molecule is CCC(=O)OCCOC12CC3CC(C1)C1(OOC14C1CC5CC4CC(OCCOC(=O)CC)(C5)C1)C(C3)C2. The molecule has 0 aromatic carbocycles. The molecule has 8 aliphatic carbocycles. The van der Waals surface area contributed by atoms with Crippen LogP contribution in [0.3, 0.4) is 0 Å². The van der Waals surface area contributed by atoms with E-state index >= 15 is 0 Å². The Morgan fingerprint density at radius 1 is 0.605 bits per heavy atom. The average Bonchev–Trinajstić information content (AvgIpc) is 2.87. The van der Waals surface area contributed by atoms with Gasteiger partial charge in [0.05, 0.1) is 24.4 Å². The van der Waals surface area contributed by atoms with Gasteiger partial charge in [-0.2, -0.15) is 0 Å². The molecule has 0 aromatic rings. The lowest BCUT2D eigenvalue weighted by molar-refractivity contribution is -0.618. The highest BCUT2D eigenvalue weighted by molar-refractivity contribution is 5.69. The minimum absolute atomic E-state index is 0.104. The van der Waals surface area contributed by atoms with E-state index in [0.29, 0.717) is 74.8 Å². The highest BCUT2D eigenvalue weighted by Crippen LogP contribution is 2.76. The summed E-state index contributed by atoms with van der Waals surface area (Å²) in [6.07, 6.45) is 12.0. The number of esters is 2. The third kappa shape index (κ3) is 3.61. The van der Waals surface area contributed by atoms with Crippen molar-refractivity contribution >= 4 is 11.9 Å². The first-order valence-electron chi connectivity index (χ1n) is 15.3. The third-order valence-electron chi connectivity index (χ3n) is 11.7. The summed E-state index contributed by atoms with van der Waals surface area (Å²) in [6, 6.07) is 0. The van der Waals surface area contributed by atoms with E-state index in [2.05, 4.69) is 0 Å². The van der Waals surface area contributed by atoms with Gasteiger partial charge in [-0.15, -0.1) is 0 Å². The number of carbonyl (C=O) groups excluding carboxylic acids is 2. The minimum Gasteiger partial charge on any atom is -0.463 e. The van der Waals surface area contributed by atoms with Crippen molar-refractivity contribution in [1.29, 1.82) is 0 Å². The van der Waals surface area contributed by atoms with E-state index in [1.807, 2.05) is 13.8 Å². The number of hydrogen-bond acceptors (Lipinski definition) is 8. The first-order chi connectivity index (χ1) is 18.4. The van der Waals surface area contributed by atoms with Crippen LogP contribution in [0.15, 0.2) is 0 Å². The zero-order valence-electron chi connectivity index (χ0n) is 23.0. The second-order valence-corrected chi connectivity index (χ2v) is 13.7. The lowest BCUT2D eigenvalue weighted by Crippen LogP contribution is -2.86. The highest BCUT2D eigenvalue weighted by atomic mass is 17.3. The number of hydrogen-bond donors (Lipinski definition) is 0. The summed E-state index contributed by atoms with van der Waals surface area (Å²) < 4.78 is 23.7. The molecule has 2 spiro atoms. The van der Waals surface area contributed by atoms with E-state index in [-0.39, 0.29) is 34.3 Å². The van der Waals surface area contributed by atoms with Crippen molar-refractivity contribution in [2.75, 3.05) is 26.4 Å². The monoisotopic (exact) mass is 532 g/mol. The van der Waals surface area contributed by atoms with Gasteiger partial charge in [0.2, 0.25) is 0 Å². The molecule has 38 heavy (non-hydrogen) atoms. The highest BCUT2D eigenvalue weighted by Gasteiger charge is 2.83. The molecule has 9 rings (SSSR count). The fraction of sp³-hybridized carbons (Fsp3) is 0.933.